The molecule has 4 aromatic carbocycles. The van der Waals surface area contributed by atoms with E-state index >= 15 is 0 Å². The molecule has 0 spiro atoms. The Morgan fingerprint density at radius 2 is 1.76 bits per heavy atom. The zero-order chi connectivity index (χ0) is 28.8. The number of thioether (sulfide) groups is 2. The number of benzene rings is 4. The van der Waals surface area contributed by atoms with Gasteiger partial charge in [-0.15, -0.1) is 11.8 Å². The number of carbonyl (C=O) groups excluding carboxylic acids is 3. The predicted octanol–water partition coefficient (Wildman–Crippen LogP) is 7.21. The van der Waals surface area contributed by atoms with Crippen molar-refractivity contribution in [2.75, 3.05) is 24.7 Å². The number of nitrogens with one attached hydrogen (secondary N) is 1. The van der Waals surface area contributed by atoms with Crippen molar-refractivity contribution in [3.05, 3.63) is 101 Å². The zero-order valence-corrected chi connectivity index (χ0v) is 24.2. The summed E-state index contributed by atoms with van der Waals surface area (Å²) in [6.45, 7) is 2.32. The second kappa shape index (κ2) is 13.0. The van der Waals surface area contributed by atoms with Crippen molar-refractivity contribution in [2.24, 2.45) is 0 Å². The number of fused-ring (bicyclic) bond motifs is 1. The Bertz CT molecular complexity index is 1650. The summed E-state index contributed by atoms with van der Waals surface area (Å²) < 4.78 is 11.9. The smallest absolute Gasteiger partial charge is 0.294 e. The maximum Gasteiger partial charge on any atom is 0.294 e. The van der Waals surface area contributed by atoms with Gasteiger partial charge in [0.25, 0.3) is 11.1 Å². The van der Waals surface area contributed by atoms with Gasteiger partial charge < -0.3 is 14.8 Å². The Kier molecular flexibility index (Phi) is 8.96. The highest BCUT2D eigenvalue weighted by Crippen LogP contribution is 2.35. The van der Waals surface area contributed by atoms with Gasteiger partial charge in [0.1, 0.15) is 13.2 Å². The summed E-state index contributed by atoms with van der Waals surface area (Å²) in [6.07, 6.45) is 3.57. The van der Waals surface area contributed by atoms with Crippen molar-refractivity contribution in [1.82, 2.24) is 4.90 Å². The number of amides is 3. The van der Waals surface area contributed by atoms with Crippen molar-refractivity contribution in [1.29, 1.82) is 0 Å². The Balaban J connectivity index is 1.26. The van der Waals surface area contributed by atoms with E-state index in [9.17, 15) is 14.4 Å². The minimum Gasteiger partial charge on any atom is -0.490 e. The fraction of sp³-hybridized carbons (Fsp3) is 0.156. The molecule has 1 N–H and O–H groups in total. The van der Waals surface area contributed by atoms with E-state index in [0.717, 1.165) is 32.5 Å². The minimum atomic E-state index is -0.511. The molecule has 0 saturated carbocycles. The Morgan fingerprint density at radius 1 is 0.927 bits per heavy atom. The molecule has 5 rings (SSSR count). The fourth-order valence-corrected chi connectivity index (χ4v) is 5.62. The van der Waals surface area contributed by atoms with E-state index in [1.165, 1.54) is 5.39 Å². The Morgan fingerprint density at radius 3 is 2.56 bits per heavy atom. The molecule has 0 unspecified atom stereocenters. The summed E-state index contributed by atoms with van der Waals surface area (Å²) >= 11 is 2.36. The average Bonchev–Trinajstić information content (AvgIpc) is 3.24. The first-order chi connectivity index (χ1) is 19.9. The number of rotatable bonds is 10. The summed E-state index contributed by atoms with van der Waals surface area (Å²) in [4.78, 5) is 40.4. The van der Waals surface area contributed by atoms with Gasteiger partial charge in [-0.25, -0.2) is 0 Å². The largest absolute Gasteiger partial charge is 0.490 e. The van der Waals surface area contributed by atoms with E-state index in [-0.39, 0.29) is 11.4 Å². The summed E-state index contributed by atoms with van der Waals surface area (Å²) in [5.41, 5.74) is 2.32. The number of anilines is 1. The van der Waals surface area contributed by atoms with Gasteiger partial charge >= 0.3 is 0 Å². The molecular formula is C32H28N2O5S2. The molecule has 208 valence electrons. The molecule has 0 bridgehead atoms. The number of hydrogen-bond acceptors (Lipinski definition) is 7. The molecule has 0 radical (unpaired) electrons. The third-order valence-corrected chi connectivity index (χ3v) is 7.94. The van der Waals surface area contributed by atoms with Crippen LogP contribution in [0.2, 0.25) is 0 Å². The fourth-order valence-electron chi connectivity index (χ4n) is 4.32. The van der Waals surface area contributed by atoms with Gasteiger partial charge in [0.2, 0.25) is 5.91 Å². The van der Waals surface area contributed by atoms with E-state index in [0.29, 0.717) is 36.0 Å². The van der Waals surface area contributed by atoms with Crippen LogP contribution in [0.3, 0.4) is 0 Å². The van der Waals surface area contributed by atoms with Crippen LogP contribution >= 0.6 is 23.5 Å². The molecule has 1 aliphatic rings. The van der Waals surface area contributed by atoms with Crippen LogP contribution in [0.25, 0.3) is 16.8 Å². The van der Waals surface area contributed by atoms with Crippen LogP contribution in [0.5, 0.6) is 11.5 Å². The topological polar surface area (TPSA) is 84.9 Å². The summed E-state index contributed by atoms with van der Waals surface area (Å²) in [5, 5.41) is 4.57. The van der Waals surface area contributed by atoms with Gasteiger partial charge in [0.15, 0.2) is 11.5 Å². The third kappa shape index (κ3) is 6.93. The van der Waals surface area contributed by atoms with E-state index in [2.05, 4.69) is 29.6 Å². The number of nitrogens with zero attached hydrogens (tertiary/aromatic N) is 1. The molecule has 9 heteroatoms. The van der Waals surface area contributed by atoms with Crippen molar-refractivity contribution < 1.29 is 23.9 Å². The molecule has 1 aliphatic heterocycles. The van der Waals surface area contributed by atoms with Gasteiger partial charge in [0.05, 0.1) is 11.5 Å². The molecule has 0 aromatic heterocycles. The molecule has 3 amide bonds. The van der Waals surface area contributed by atoms with Crippen LogP contribution in [0, 0.1) is 0 Å². The van der Waals surface area contributed by atoms with Crippen molar-refractivity contribution in [2.45, 2.75) is 18.4 Å². The molecule has 41 heavy (non-hydrogen) atoms. The number of imide groups is 1. The van der Waals surface area contributed by atoms with Gasteiger partial charge in [-0.2, -0.15) is 0 Å². The molecule has 1 heterocycles. The van der Waals surface area contributed by atoms with Crippen LogP contribution in [-0.2, 0) is 16.2 Å². The van der Waals surface area contributed by atoms with Gasteiger partial charge in [-0.05, 0) is 89.3 Å². The molecule has 0 aliphatic carbocycles. The van der Waals surface area contributed by atoms with Crippen molar-refractivity contribution in [3.63, 3.8) is 0 Å². The first-order valence-electron chi connectivity index (χ1n) is 13.0. The molecule has 4 aromatic rings. The normalized spacial score (nSPS) is 14.1. The standard InChI is InChI=1S/C32H28N2O5S2/c1-3-38-28-16-21(12-14-27(28)39-20-22-11-13-23-7-4-5-8-24(23)15-22)17-29-31(36)34(32(37)41-29)19-30(35)33-25-9-6-10-26(18-25)40-2/h4-18H,3,19-20H2,1-2H3,(H,33,35)/b29-17+. The van der Waals surface area contributed by atoms with E-state index < -0.39 is 17.1 Å². The van der Waals surface area contributed by atoms with Crippen LogP contribution in [0.1, 0.15) is 18.1 Å². The van der Waals surface area contributed by atoms with Crippen LogP contribution in [0.15, 0.2) is 94.7 Å². The first kappa shape index (κ1) is 28.3. The summed E-state index contributed by atoms with van der Waals surface area (Å²) in [6, 6.07) is 27.1. The highest BCUT2D eigenvalue weighted by atomic mass is 32.2. The first-order valence-corrected chi connectivity index (χ1v) is 15.0. The SMILES string of the molecule is CCOc1cc(/C=C2/SC(=O)N(CC(=O)Nc3cccc(SC)c3)C2=O)ccc1OCc1ccc2ccccc2c1. The lowest BCUT2D eigenvalue weighted by molar-refractivity contribution is -0.127. The third-order valence-electron chi connectivity index (χ3n) is 6.30. The molecular weight excluding hydrogens is 556 g/mol. The monoisotopic (exact) mass is 584 g/mol. The second-order valence-electron chi connectivity index (χ2n) is 9.16. The minimum absolute atomic E-state index is 0.236. The van der Waals surface area contributed by atoms with Crippen LogP contribution in [-0.4, -0.2) is 41.4 Å². The van der Waals surface area contributed by atoms with Crippen LogP contribution < -0.4 is 14.8 Å². The summed E-state index contributed by atoms with van der Waals surface area (Å²) in [5.74, 6) is 0.154. The van der Waals surface area contributed by atoms with Gasteiger partial charge in [-0.3, -0.25) is 19.3 Å². The molecule has 1 fully saturated rings. The maximum atomic E-state index is 13.0. The van der Waals surface area contributed by atoms with Crippen molar-refractivity contribution in [3.8, 4) is 11.5 Å². The Hall–Kier alpha value is -4.21. The number of hydrogen-bond donors (Lipinski definition) is 1. The highest BCUT2D eigenvalue weighted by molar-refractivity contribution is 8.18. The summed E-state index contributed by atoms with van der Waals surface area (Å²) in [7, 11) is 0. The predicted molar refractivity (Wildman–Crippen MR) is 165 cm³/mol. The molecule has 1 saturated heterocycles. The average molecular weight is 585 g/mol. The highest BCUT2D eigenvalue weighted by Gasteiger charge is 2.36. The lowest BCUT2D eigenvalue weighted by Crippen LogP contribution is -2.36. The lowest BCUT2D eigenvalue weighted by atomic mass is 10.1. The zero-order valence-electron chi connectivity index (χ0n) is 22.6. The van der Waals surface area contributed by atoms with Crippen molar-refractivity contribution >= 4 is 63.1 Å². The van der Waals surface area contributed by atoms with E-state index in [1.807, 2.05) is 49.6 Å². The number of carbonyl (C=O) groups is 3. The van der Waals surface area contributed by atoms with E-state index in [4.69, 9.17) is 9.47 Å². The quantitative estimate of drug-likeness (QED) is 0.156. The lowest BCUT2D eigenvalue weighted by Gasteiger charge is -2.13. The molecule has 0 atom stereocenters. The Labute approximate surface area is 246 Å². The van der Waals surface area contributed by atoms with Gasteiger partial charge in [0, 0.05) is 10.6 Å². The second-order valence-corrected chi connectivity index (χ2v) is 11.0. The maximum absolute atomic E-state index is 13.0. The van der Waals surface area contributed by atoms with Gasteiger partial charge in [-0.1, -0.05) is 48.5 Å². The number of ether oxygens (including phenoxy) is 2. The van der Waals surface area contributed by atoms with E-state index in [1.54, 1.807) is 42.1 Å². The van der Waals surface area contributed by atoms with Crippen LogP contribution in [0.4, 0.5) is 10.5 Å². The molecule has 7 nitrogen and oxygen atoms in total.